The van der Waals surface area contributed by atoms with Crippen LogP contribution in [0.2, 0.25) is 0 Å². The molecular formula is C24H25N5O3. The van der Waals surface area contributed by atoms with Gasteiger partial charge in [-0.05, 0) is 67.9 Å². The number of hydrogen-bond donors (Lipinski definition) is 2. The zero-order valence-corrected chi connectivity index (χ0v) is 17.6. The third-order valence-electron chi connectivity index (χ3n) is 5.57. The Morgan fingerprint density at radius 2 is 1.91 bits per heavy atom. The van der Waals surface area contributed by atoms with E-state index in [1.165, 1.54) is 0 Å². The Balaban J connectivity index is 1.37. The molecule has 1 aromatic carbocycles. The molecule has 1 saturated heterocycles. The number of likely N-dealkylation sites (tertiary alicyclic amines) is 1. The highest BCUT2D eigenvalue weighted by atomic mass is 16.5. The van der Waals surface area contributed by atoms with Gasteiger partial charge in [-0.1, -0.05) is 6.07 Å². The van der Waals surface area contributed by atoms with E-state index in [2.05, 4.69) is 15.3 Å². The predicted octanol–water partition coefficient (Wildman–Crippen LogP) is 2.73. The highest BCUT2D eigenvalue weighted by Gasteiger charge is 2.43. The number of pyridine rings is 2. The van der Waals surface area contributed by atoms with Crippen molar-refractivity contribution >= 4 is 17.5 Å². The number of carbonyl (C=O) groups is 2. The van der Waals surface area contributed by atoms with Gasteiger partial charge in [0.15, 0.2) is 0 Å². The summed E-state index contributed by atoms with van der Waals surface area (Å²) in [6.07, 6.45) is 6.35. The SMILES string of the molecule is NC(=O)[C@]1(c2ccccn2)CCCN(CC(=O)Nc2ccc(Oc3cccnc3)cc2)C1. The molecule has 164 valence electrons. The normalized spacial score (nSPS) is 18.6. The molecule has 0 bridgehead atoms. The topological polar surface area (TPSA) is 110 Å². The minimum atomic E-state index is -0.884. The van der Waals surface area contributed by atoms with Gasteiger partial charge in [-0.15, -0.1) is 0 Å². The van der Waals surface area contributed by atoms with Crippen molar-refractivity contribution < 1.29 is 14.3 Å². The molecule has 8 heteroatoms. The molecule has 1 aliphatic heterocycles. The number of amides is 2. The maximum absolute atomic E-state index is 12.6. The van der Waals surface area contributed by atoms with Crippen molar-refractivity contribution in [3.63, 3.8) is 0 Å². The highest BCUT2D eigenvalue weighted by molar-refractivity contribution is 5.92. The van der Waals surface area contributed by atoms with Crippen LogP contribution in [0, 0.1) is 0 Å². The van der Waals surface area contributed by atoms with Crippen LogP contribution >= 0.6 is 0 Å². The molecule has 0 radical (unpaired) electrons. The summed E-state index contributed by atoms with van der Waals surface area (Å²) in [7, 11) is 0. The summed E-state index contributed by atoms with van der Waals surface area (Å²) in [4.78, 5) is 35.4. The van der Waals surface area contributed by atoms with E-state index in [0.717, 1.165) is 6.42 Å². The molecule has 0 unspecified atom stereocenters. The first-order valence-electron chi connectivity index (χ1n) is 10.5. The maximum atomic E-state index is 12.6. The molecule has 2 aromatic heterocycles. The van der Waals surface area contributed by atoms with Gasteiger partial charge in [0.25, 0.3) is 0 Å². The lowest BCUT2D eigenvalue weighted by Crippen LogP contribution is -2.55. The van der Waals surface area contributed by atoms with Crippen LogP contribution in [0.3, 0.4) is 0 Å². The zero-order chi connectivity index (χ0) is 22.4. The van der Waals surface area contributed by atoms with E-state index in [1.807, 2.05) is 23.1 Å². The van der Waals surface area contributed by atoms with Crippen molar-refractivity contribution in [2.45, 2.75) is 18.3 Å². The summed E-state index contributed by atoms with van der Waals surface area (Å²) < 4.78 is 5.71. The lowest BCUT2D eigenvalue weighted by atomic mass is 9.76. The fourth-order valence-electron chi connectivity index (χ4n) is 4.01. The molecule has 0 aliphatic carbocycles. The molecule has 3 heterocycles. The van der Waals surface area contributed by atoms with Crippen LogP contribution in [0.25, 0.3) is 0 Å². The van der Waals surface area contributed by atoms with Crippen LogP contribution in [0.5, 0.6) is 11.5 Å². The zero-order valence-electron chi connectivity index (χ0n) is 17.6. The number of hydrogen-bond acceptors (Lipinski definition) is 6. The van der Waals surface area contributed by atoms with Crippen molar-refractivity contribution in [3.05, 3.63) is 78.9 Å². The molecule has 1 atom stereocenters. The fourth-order valence-corrected chi connectivity index (χ4v) is 4.01. The Morgan fingerprint density at radius 3 is 2.59 bits per heavy atom. The summed E-state index contributed by atoms with van der Waals surface area (Å²) in [6, 6.07) is 16.2. The number of rotatable bonds is 7. The van der Waals surface area contributed by atoms with Gasteiger partial charge in [-0.3, -0.25) is 24.5 Å². The number of primary amides is 1. The van der Waals surface area contributed by atoms with Crippen molar-refractivity contribution in [2.75, 3.05) is 25.0 Å². The third kappa shape index (κ3) is 4.92. The van der Waals surface area contributed by atoms with E-state index in [4.69, 9.17) is 10.5 Å². The Bertz CT molecular complexity index is 1060. The van der Waals surface area contributed by atoms with Gasteiger partial charge in [0.1, 0.15) is 16.9 Å². The molecule has 0 spiro atoms. The first-order valence-corrected chi connectivity index (χ1v) is 10.5. The van der Waals surface area contributed by atoms with Gasteiger partial charge < -0.3 is 15.8 Å². The number of anilines is 1. The average Bonchev–Trinajstić information content (AvgIpc) is 2.81. The molecule has 32 heavy (non-hydrogen) atoms. The number of ether oxygens (including phenoxy) is 1. The van der Waals surface area contributed by atoms with Gasteiger partial charge in [-0.25, -0.2) is 0 Å². The second-order valence-electron chi connectivity index (χ2n) is 7.84. The van der Waals surface area contributed by atoms with Gasteiger partial charge in [0.2, 0.25) is 11.8 Å². The van der Waals surface area contributed by atoms with E-state index in [1.54, 1.807) is 55.0 Å². The summed E-state index contributed by atoms with van der Waals surface area (Å²) in [5.74, 6) is 0.714. The van der Waals surface area contributed by atoms with E-state index in [-0.39, 0.29) is 12.5 Å². The molecule has 0 saturated carbocycles. The predicted molar refractivity (Wildman–Crippen MR) is 120 cm³/mol. The molecule has 1 aliphatic rings. The number of nitrogens with zero attached hydrogens (tertiary/aromatic N) is 3. The second kappa shape index (κ2) is 9.57. The Labute approximate surface area is 186 Å². The van der Waals surface area contributed by atoms with E-state index in [9.17, 15) is 9.59 Å². The lowest BCUT2D eigenvalue weighted by molar-refractivity contribution is -0.127. The monoisotopic (exact) mass is 431 g/mol. The van der Waals surface area contributed by atoms with Gasteiger partial charge in [0.05, 0.1) is 18.4 Å². The first-order chi connectivity index (χ1) is 15.5. The van der Waals surface area contributed by atoms with Crippen molar-refractivity contribution in [1.29, 1.82) is 0 Å². The van der Waals surface area contributed by atoms with Crippen molar-refractivity contribution in [1.82, 2.24) is 14.9 Å². The number of piperidine rings is 1. The molecule has 4 rings (SSSR count). The molecule has 8 nitrogen and oxygen atoms in total. The number of benzene rings is 1. The van der Waals surface area contributed by atoms with Crippen LogP contribution in [0.1, 0.15) is 18.5 Å². The minimum Gasteiger partial charge on any atom is -0.456 e. The molecule has 2 amide bonds. The molecular weight excluding hydrogens is 406 g/mol. The van der Waals surface area contributed by atoms with Crippen molar-refractivity contribution in [3.8, 4) is 11.5 Å². The number of aromatic nitrogens is 2. The summed E-state index contributed by atoms with van der Waals surface area (Å²) in [5, 5.41) is 2.90. The summed E-state index contributed by atoms with van der Waals surface area (Å²) in [5.41, 5.74) is 6.23. The maximum Gasteiger partial charge on any atom is 0.238 e. The standard InChI is InChI=1S/C24H25N5O3/c25-23(31)24(21-6-1-2-13-27-21)11-4-14-29(17-24)16-22(30)28-18-7-9-19(10-8-18)32-20-5-3-12-26-15-20/h1-3,5-10,12-13,15H,4,11,14,16-17H2,(H2,25,31)(H,28,30)/t24-/m1/s1. The van der Waals surface area contributed by atoms with Crippen LogP contribution in [-0.4, -0.2) is 46.3 Å². The fraction of sp³-hybridized carbons (Fsp3) is 0.250. The van der Waals surface area contributed by atoms with Crippen molar-refractivity contribution in [2.24, 2.45) is 5.73 Å². The van der Waals surface area contributed by atoms with E-state index in [0.29, 0.717) is 42.4 Å². The lowest BCUT2D eigenvalue weighted by Gasteiger charge is -2.40. The molecule has 3 N–H and O–H groups in total. The average molecular weight is 431 g/mol. The van der Waals surface area contributed by atoms with Crippen LogP contribution in [0.4, 0.5) is 5.69 Å². The third-order valence-corrected chi connectivity index (χ3v) is 5.57. The molecule has 3 aromatic rings. The minimum absolute atomic E-state index is 0.160. The van der Waals surface area contributed by atoms with E-state index >= 15 is 0 Å². The Hall–Kier alpha value is -3.78. The second-order valence-corrected chi connectivity index (χ2v) is 7.84. The van der Waals surface area contributed by atoms with Crippen LogP contribution in [-0.2, 0) is 15.0 Å². The summed E-state index contributed by atoms with van der Waals surface area (Å²) >= 11 is 0. The number of nitrogens with two attached hydrogens (primary N) is 1. The van der Waals surface area contributed by atoms with Gasteiger partial charge in [-0.2, -0.15) is 0 Å². The van der Waals surface area contributed by atoms with Gasteiger partial charge >= 0.3 is 0 Å². The van der Waals surface area contributed by atoms with Gasteiger partial charge in [0, 0.05) is 24.6 Å². The largest absolute Gasteiger partial charge is 0.456 e. The van der Waals surface area contributed by atoms with Crippen LogP contribution < -0.4 is 15.8 Å². The molecule has 1 fully saturated rings. The number of carbonyl (C=O) groups excluding carboxylic acids is 2. The quantitative estimate of drug-likeness (QED) is 0.595. The van der Waals surface area contributed by atoms with E-state index < -0.39 is 11.3 Å². The Morgan fingerprint density at radius 1 is 1.06 bits per heavy atom. The Kier molecular flexibility index (Phi) is 6.42. The number of nitrogens with one attached hydrogen (secondary N) is 1. The smallest absolute Gasteiger partial charge is 0.238 e. The first kappa shape index (κ1) is 21.5. The summed E-state index contributed by atoms with van der Waals surface area (Å²) in [6.45, 7) is 1.24. The van der Waals surface area contributed by atoms with Crippen LogP contribution in [0.15, 0.2) is 73.2 Å². The highest BCUT2D eigenvalue weighted by Crippen LogP contribution is 2.32.